The van der Waals surface area contributed by atoms with Crippen molar-refractivity contribution in [2.24, 2.45) is 0 Å². The van der Waals surface area contributed by atoms with Gasteiger partial charge in [0.05, 0.1) is 10.6 Å². The minimum atomic E-state index is -0.226. The highest BCUT2D eigenvalue weighted by Crippen LogP contribution is 2.18. The summed E-state index contributed by atoms with van der Waals surface area (Å²) in [5.74, 6) is 0.111. The van der Waals surface area contributed by atoms with Gasteiger partial charge in [0.25, 0.3) is 5.91 Å². The standard InChI is InChI=1S/C14H12N6O2S3/c1-8-17-20-14(25-8)16-11(21)7-24-12-5-4-10(18-19-12)15-13(22)9-3-2-6-23-9/h2-6H,7H2,1H3,(H,15,18,22)(H,16,20,21). The van der Waals surface area contributed by atoms with Crippen LogP contribution in [0, 0.1) is 6.92 Å². The first-order valence-corrected chi connectivity index (χ1v) is 9.69. The van der Waals surface area contributed by atoms with E-state index < -0.39 is 0 Å². The summed E-state index contributed by atoms with van der Waals surface area (Å²) in [6, 6.07) is 6.88. The zero-order valence-corrected chi connectivity index (χ0v) is 15.4. The van der Waals surface area contributed by atoms with Gasteiger partial charge in [-0.05, 0) is 30.5 Å². The molecule has 0 aliphatic rings. The van der Waals surface area contributed by atoms with Gasteiger partial charge in [-0.25, -0.2) is 0 Å². The Labute approximate surface area is 155 Å². The lowest BCUT2D eigenvalue weighted by Crippen LogP contribution is -2.14. The summed E-state index contributed by atoms with van der Waals surface area (Å²) < 4.78 is 0. The number of carbonyl (C=O) groups excluding carboxylic acids is 2. The van der Waals surface area contributed by atoms with Crippen LogP contribution in [-0.4, -0.2) is 38.0 Å². The predicted octanol–water partition coefficient (Wildman–Crippen LogP) is 2.68. The van der Waals surface area contributed by atoms with Crippen LogP contribution in [-0.2, 0) is 4.79 Å². The van der Waals surface area contributed by atoms with Gasteiger partial charge < -0.3 is 5.32 Å². The zero-order chi connectivity index (χ0) is 17.6. The molecule has 0 radical (unpaired) electrons. The Kier molecular flexibility index (Phi) is 5.68. The van der Waals surface area contributed by atoms with E-state index in [9.17, 15) is 9.59 Å². The average Bonchev–Trinajstić information content (AvgIpc) is 3.26. The largest absolute Gasteiger partial charge is 0.304 e. The monoisotopic (exact) mass is 392 g/mol. The number of aromatic nitrogens is 4. The summed E-state index contributed by atoms with van der Waals surface area (Å²) in [4.78, 5) is 24.4. The molecule has 3 heterocycles. The van der Waals surface area contributed by atoms with E-state index in [0.717, 1.165) is 5.01 Å². The van der Waals surface area contributed by atoms with E-state index in [1.807, 2.05) is 12.3 Å². The van der Waals surface area contributed by atoms with Crippen LogP contribution in [0.3, 0.4) is 0 Å². The number of thioether (sulfide) groups is 1. The Bertz CT molecular complexity index is 863. The Hall–Kier alpha value is -2.37. The lowest BCUT2D eigenvalue weighted by atomic mass is 10.4. The van der Waals surface area contributed by atoms with Crippen LogP contribution >= 0.6 is 34.4 Å². The highest BCUT2D eigenvalue weighted by Gasteiger charge is 2.10. The molecule has 0 bridgehead atoms. The highest BCUT2D eigenvalue weighted by atomic mass is 32.2. The molecule has 0 unspecified atom stereocenters. The summed E-state index contributed by atoms with van der Waals surface area (Å²) in [5.41, 5.74) is 0. The van der Waals surface area contributed by atoms with Crippen molar-refractivity contribution in [1.29, 1.82) is 0 Å². The second-order valence-corrected chi connectivity index (χ2v) is 7.78. The predicted molar refractivity (Wildman–Crippen MR) is 98.3 cm³/mol. The summed E-state index contributed by atoms with van der Waals surface area (Å²) in [6.45, 7) is 1.82. The lowest BCUT2D eigenvalue weighted by Gasteiger charge is -2.03. The molecule has 0 aliphatic carbocycles. The maximum Gasteiger partial charge on any atom is 0.266 e. The smallest absolute Gasteiger partial charge is 0.266 e. The van der Waals surface area contributed by atoms with Crippen molar-refractivity contribution >= 4 is 57.2 Å². The van der Waals surface area contributed by atoms with Crippen molar-refractivity contribution < 1.29 is 9.59 Å². The number of carbonyl (C=O) groups is 2. The Morgan fingerprint density at radius 1 is 1.12 bits per heavy atom. The van der Waals surface area contributed by atoms with Crippen LogP contribution in [0.2, 0.25) is 0 Å². The van der Waals surface area contributed by atoms with Gasteiger partial charge in [-0.1, -0.05) is 29.2 Å². The fourth-order valence-corrected chi connectivity index (χ4v) is 3.53. The van der Waals surface area contributed by atoms with Crippen LogP contribution in [0.1, 0.15) is 14.7 Å². The van der Waals surface area contributed by atoms with Crippen LogP contribution < -0.4 is 10.6 Å². The van der Waals surface area contributed by atoms with Crippen LogP contribution in [0.15, 0.2) is 34.7 Å². The third-order valence-corrected chi connectivity index (χ3v) is 5.29. The van der Waals surface area contributed by atoms with Crippen molar-refractivity contribution in [3.8, 4) is 0 Å². The zero-order valence-electron chi connectivity index (χ0n) is 12.9. The molecule has 3 aromatic heterocycles. The number of thiophene rings is 1. The summed E-state index contributed by atoms with van der Waals surface area (Å²) >= 11 is 3.90. The molecule has 0 atom stereocenters. The lowest BCUT2D eigenvalue weighted by molar-refractivity contribution is -0.113. The molecule has 3 rings (SSSR count). The number of nitrogens with zero attached hydrogens (tertiary/aromatic N) is 4. The molecule has 2 amide bonds. The maximum absolute atomic E-state index is 11.9. The molecular weight excluding hydrogens is 380 g/mol. The maximum atomic E-state index is 11.9. The molecule has 0 spiro atoms. The molecule has 25 heavy (non-hydrogen) atoms. The molecule has 0 fully saturated rings. The van der Waals surface area contributed by atoms with Crippen molar-refractivity contribution in [1.82, 2.24) is 20.4 Å². The Morgan fingerprint density at radius 3 is 2.64 bits per heavy atom. The molecule has 3 aromatic rings. The number of anilines is 2. The van der Waals surface area contributed by atoms with Gasteiger partial charge in [0.1, 0.15) is 10.0 Å². The summed E-state index contributed by atoms with van der Waals surface area (Å²) in [5, 5.41) is 24.6. The number of hydrogen-bond donors (Lipinski definition) is 2. The van der Waals surface area contributed by atoms with Crippen LogP contribution in [0.5, 0.6) is 0 Å². The first-order chi connectivity index (χ1) is 12.1. The van der Waals surface area contributed by atoms with E-state index in [4.69, 9.17) is 0 Å². The number of rotatable bonds is 6. The highest BCUT2D eigenvalue weighted by molar-refractivity contribution is 7.99. The first kappa shape index (κ1) is 17.5. The fraction of sp³-hybridized carbons (Fsp3) is 0.143. The van der Waals surface area contributed by atoms with Crippen LogP contribution in [0.25, 0.3) is 0 Å². The van der Waals surface area contributed by atoms with Crippen molar-refractivity contribution in [3.63, 3.8) is 0 Å². The molecular formula is C14H12N6O2S3. The molecule has 8 nitrogen and oxygen atoms in total. The van der Waals surface area contributed by atoms with Gasteiger partial charge in [-0.2, -0.15) is 0 Å². The molecule has 2 N–H and O–H groups in total. The van der Waals surface area contributed by atoms with Gasteiger partial charge in [-0.15, -0.1) is 31.7 Å². The second-order valence-electron chi connectivity index (χ2n) is 4.65. The number of nitrogens with one attached hydrogen (secondary N) is 2. The summed E-state index contributed by atoms with van der Waals surface area (Å²) in [6.07, 6.45) is 0. The van der Waals surface area contributed by atoms with Crippen molar-refractivity contribution in [3.05, 3.63) is 39.5 Å². The Balaban J connectivity index is 1.49. The fourth-order valence-electron chi connectivity index (χ4n) is 1.69. The molecule has 11 heteroatoms. The third kappa shape index (κ3) is 5.05. The van der Waals surface area contributed by atoms with Gasteiger partial charge in [0, 0.05) is 0 Å². The minimum Gasteiger partial charge on any atom is -0.304 e. The van der Waals surface area contributed by atoms with Crippen LogP contribution in [0.4, 0.5) is 10.9 Å². The quantitative estimate of drug-likeness (QED) is 0.621. The van der Waals surface area contributed by atoms with E-state index in [1.165, 1.54) is 34.4 Å². The SMILES string of the molecule is Cc1nnc(NC(=O)CSc2ccc(NC(=O)c3cccs3)nn2)s1. The first-order valence-electron chi connectivity index (χ1n) is 7.01. The third-order valence-electron chi connectivity index (χ3n) is 2.75. The van der Waals surface area contributed by atoms with E-state index in [1.54, 1.807) is 24.3 Å². The number of amides is 2. The van der Waals surface area contributed by atoms with E-state index in [0.29, 0.717) is 20.9 Å². The minimum absolute atomic E-state index is 0.175. The topological polar surface area (TPSA) is 110 Å². The molecule has 0 aromatic carbocycles. The summed E-state index contributed by atoms with van der Waals surface area (Å²) in [7, 11) is 0. The normalized spacial score (nSPS) is 10.4. The number of aryl methyl sites for hydroxylation is 1. The van der Waals surface area contributed by atoms with Gasteiger partial charge in [0.15, 0.2) is 5.82 Å². The van der Waals surface area contributed by atoms with E-state index in [-0.39, 0.29) is 17.6 Å². The second kappa shape index (κ2) is 8.14. The Morgan fingerprint density at radius 2 is 2.00 bits per heavy atom. The van der Waals surface area contributed by atoms with E-state index in [2.05, 4.69) is 31.0 Å². The molecule has 0 saturated carbocycles. The number of hydrogen-bond acceptors (Lipinski definition) is 9. The average molecular weight is 392 g/mol. The molecule has 0 aliphatic heterocycles. The van der Waals surface area contributed by atoms with Gasteiger partial charge in [0.2, 0.25) is 11.0 Å². The van der Waals surface area contributed by atoms with Gasteiger partial charge >= 0.3 is 0 Å². The molecule has 128 valence electrons. The van der Waals surface area contributed by atoms with Gasteiger partial charge in [-0.3, -0.25) is 14.9 Å². The van der Waals surface area contributed by atoms with Crippen molar-refractivity contribution in [2.75, 3.05) is 16.4 Å². The van der Waals surface area contributed by atoms with E-state index >= 15 is 0 Å². The molecule has 0 saturated heterocycles. The van der Waals surface area contributed by atoms with Crippen molar-refractivity contribution in [2.45, 2.75) is 11.9 Å².